The molecule has 1 aliphatic carbocycles. The molecule has 4 heteroatoms. The van der Waals surface area contributed by atoms with Crippen molar-refractivity contribution in [1.82, 2.24) is 0 Å². The van der Waals surface area contributed by atoms with Crippen molar-refractivity contribution in [2.45, 2.75) is 37.5 Å². The third kappa shape index (κ3) is 2.31. The van der Waals surface area contributed by atoms with Crippen molar-refractivity contribution in [1.29, 1.82) is 0 Å². The number of hydrogen-bond acceptors (Lipinski definition) is 2. The highest BCUT2D eigenvalue weighted by molar-refractivity contribution is 5.72. The first-order valence-corrected chi connectivity index (χ1v) is 6.88. The molecule has 0 spiro atoms. The number of carbonyl (C=O) groups is 1. The number of rotatable bonds is 4. The fraction of sp³-hybridized carbons (Fsp3) is 0.533. The van der Waals surface area contributed by atoms with E-state index < -0.39 is 5.97 Å². The van der Waals surface area contributed by atoms with Crippen molar-refractivity contribution in [3.05, 3.63) is 29.6 Å². The maximum Gasteiger partial charge on any atom is 0.304 e. The van der Waals surface area contributed by atoms with E-state index in [2.05, 4.69) is 4.90 Å². The summed E-state index contributed by atoms with van der Waals surface area (Å²) in [6.45, 7) is 1.98. The Balaban J connectivity index is 1.99. The summed E-state index contributed by atoms with van der Waals surface area (Å²) in [4.78, 5) is 13.3. The molecule has 0 bridgehead atoms. The Bertz CT molecular complexity index is 505. The molecule has 3 nitrogen and oxygen atoms in total. The van der Waals surface area contributed by atoms with Gasteiger partial charge < -0.3 is 10.0 Å². The summed E-state index contributed by atoms with van der Waals surface area (Å²) in [6, 6.07) is 4.84. The average molecular weight is 263 g/mol. The lowest BCUT2D eigenvalue weighted by Crippen LogP contribution is -2.23. The highest BCUT2D eigenvalue weighted by Crippen LogP contribution is 2.54. The van der Waals surface area contributed by atoms with E-state index in [0.29, 0.717) is 0 Å². The predicted octanol–water partition coefficient (Wildman–Crippen LogP) is 2.93. The minimum atomic E-state index is -0.797. The van der Waals surface area contributed by atoms with Crippen molar-refractivity contribution in [3.63, 3.8) is 0 Å². The summed E-state index contributed by atoms with van der Waals surface area (Å²) >= 11 is 0. The van der Waals surface area contributed by atoms with Crippen molar-refractivity contribution in [2.75, 3.05) is 18.0 Å². The Morgan fingerprint density at radius 2 is 2.00 bits per heavy atom. The van der Waals surface area contributed by atoms with E-state index in [1.54, 1.807) is 6.07 Å². The summed E-state index contributed by atoms with van der Waals surface area (Å²) in [5.41, 5.74) is 1.61. The zero-order chi connectivity index (χ0) is 13.5. The molecular weight excluding hydrogens is 245 g/mol. The van der Waals surface area contributed by atoms with Crippen LogP contribution in [0.1, 0.15) is 37.7 Å². The smallest absolute Gasteiger partial charge is 0.304 e. The molecule has 2 fully saturated rings. The lowest BCUT2D eigenvalue weighted by molar-refractivity contribution is -0.137. The van der Waals surface area contributed by atoms with Crippen LogP contribution in [-0.2, 0) is 10.2 Å². The lowest BCUT2D eigenvalue weighted by atomic mass is 9.90. The van der Waals surface area contributed by atoms with E-state index >= 15 is 0 Å². The summed E-state index contributed by atoms with van der Waals surface area (Å²) in [5, 5.41) is 9.07. The van der Waals surface area contributed by atoms with Crippen molar-refractivity contribution in [3.8, 4) is 0 Å². The Hall–Kier alpha value is -1.58. The van der Waals surface area contributed by atoms with Gasteiger partial charge in [0.15, 0.2) is 0 Å². The molecule has 102 valence electrons. The highest BCUT2D eigenvalue weighted by Gasteiger charge is 2.48. The zero-order valence-corrected chi connectivity index (χ0v) is 10.9. The zero-order valence-electron chi connectivity index (χ0n) is 10.9. The standard InChI is InChI=1S/C15H18FNO2/c16-11-3-4-13(17-7-1-2-8-17)12(9-11)15(5-6-15)10-14(18)19/h3-4,9H,1-2,5-8,10H2,(H,18,19). The molecule has 0 aromatic heterocycles. The van der Waals surface area contributed by atoms with Crippen LogP contribution in [0.5, 0.6) is 0 Å². The SMILES string of the molecule is O=C(O)CC1(c2cc(F)ccc2N2CCCC2)CC1. The van der Waals surface area contributed by atoms with Crippen molar-refractivity contribution >= 4 is 11.7 Å². The Labute approximate surface area is 112 Å². The highest BCUT2D eigenvalue weighted by atomic mass is 19.1. The summed E-state index contributed by atoms with van der Waals surface area (Å²) in [6.07, 6.45) is 4.12. The molecule has 19 heavy (non-hydrogen) atoms. The van der Waals surface area contributed by atoms with Crippen LogP contribution in [0.4, 0.5) is 10.1 Å². The average Bonchev–Trinajstić information content (AvgIpc) is 2.92. The first kappa shape index (κ1) is 12.5. The van der Waals surface area contributed by atoms with Gasteiger partial charge in [-0.25, -0.2) is 4.39 Å². The Kier molecular flexibility index (Phi) is 2.96. The van der Waals surface area contributed by atoms with E-state index in [1.165, 1.54) is 6.07 Å². The number of hydrogen-bond donors (Lipinski definition) is 1. The third-order valence-electron chi connectivity index (χ3n) is 4.32. The molecule has 0 atom stereocenters. The van der Waals surface area contributed by atoms with Crippen LogP contribution < -0.4 is 4.90 Å². The third-order valence-corrected chi connectivity index (χ3v) is 4.32. The molecule has 0 unspecified atom stereocenters. The van der Waals surface area contributed by atoms with Crippen LogP contribution in [0.2, 0.25) is 0 Å². The van der Waals surface area contributed by atoms with Gasteiger partial charge in [0, 0.05) is 24.2 Å². The molecule has 1 N–H and O–H groups in total. The Morgan fingerprint density at radius 1 is 1.32 bits per heavy atom. The van der Waals surface area contributed by atoms with Crippen molar-refractivity contribution in [2.24, 2.45) is 0 Å². The summed E-state index contributed by atoms with van der Waals surface area (Å²) in [5.74, 6) is -1.07. The fourth-order valence-corrected chi connectivity index (χ4v) is 3.15. The van der Waals surface area contributed by atoms with Gasteiger partial charge in [-0.1, -0.05) is 0 Å². The van der Waals surface area contributed by atoms with Crippen LogP contribution in [0.15, 0.2) is 18.2 Å². The quantitative estimate of drug-likeness (QED) is 0.908. The van der Waals surface area contributed by atoms with Gasteiger partial charge in [-0.15, -0.1) is 0 Å². The van der Waals surface area contributed by atoms with Gasteiger partial charge in [0.2, 0.25) is 0 Å². The molecule has 1 saturated carbocycles. The number of carboxylic acid groups (broad SMARTS) is 1. The van der Waals surface area contributed by atoms with Crippen molar-refractivity contribution < 1.29 is 14.3 Å². The Morgan fingerprint density at radius 3 is 2.58 bits per heavy atom. The second kappa shape index (κ2) is 4.51. The molecule has 0 radical (unpaired) electrons. The summed E-state index contributed by atoms with van der Waals surface area (Å²) < 4.78 is 13.6. The number of halogens is 1. The van der Waals surface area contributed by atoms with Gasteiger partial charge >= 0.3 is 5.97 Å². The van der Waals surface area contributed by atoms with Crippen LogP contribution in [-0.4, -0.2) is 24.2 Å². The molecular formula is C15H18FNO2. The van der Waals surface area contributed by atoms with E-state index in [-0.39, 0.29) is 17.7 Å². The minimum Gasteiger partial charge on any atom is -0.481 e. The van der Waals surface area contributed by atoms with Gasteiger partial charge in [-0.05, 0) is 49.4 Å². The molecule has 1 aliphatic heterocycles. The topological polar surface area (TPSA) is 40.5 Å². The first-order valence-electron chi connectivity index (χ1n) is 6.88. The predicted molar refractivity (Wildman–Crippen MR) is 71.0 cm³/mol. The molecule has 1 aromatic rings. The van der Waals surface area contributed by atoms with Crippen LogP contribution in [0.3, 0.4) is 0 Å². The van der Waals surface area contributed by atoms with Crippen LogP contribution >= 0.6 is 0 Å². The largest absolute Gasteiger partial charge is 0.481 e. The second-order valence-electron chi connectivity index (χ2n) is 5.71. The monoisotopic (exact) mass is 263 g/mol. The fourth-order valence-electron chi connectivity index (χ4n) is 3.15. The molecule has 1 aromatic carbocycles. The van der Waals surface area contributed by atoms with Gasteiger partial charge in [-0.3, -0.25) is 4.79 Å². The lowest BCUT2D eigenvalue weighted by Gasteiger charge is -2.25. The number of carboxylic acids is 1. The van der Waals surface area contributed by atoms with E-state index in [9.17, 15) is 9.18 Å². The normalized spacial score (nSPS) is 20.6. The number of aliphatic carboxylic acids is 1. The number of anilines is 1. The van der Waals surface area contributed by atoms with Gasteiger partial charge in [-0.2, -0.15) is 0 Å². The molecule has 0 amide bonds. The number of nitrogens with zero attached hydrogens (tertiary/aromatic N) is 1. The van der Waals surface area contributed by atoms with Gasteiger partial charge in [0.1, 0.15) is 5.82 Å². The van der Waals surface area contributed by atoms with E-state index in [4.69, 9.17) is 5.11 Å². The molecule has 1 heterocycles. The van der Waals surface area contributed by atoms with Crippen LogP contribution in [0, 0.1) is 5.82 Å². The first-order chi connectivity index (χ1) is 9.11. The maximum absolute atomic E-state index is 13.6. The second-order valence-corrected chi connectivity index (χ2v) is 5.71. The molecule has 3 rings (SSSR count). The van der Waals surface area contributed by atoms with Gasteiger partial charge in [0.05, 0.1) is 6.42 Å². The maximum atomic E-state index is 13.6. The summed E-state index contributed by atoms with van der Waals surface area (Å²) in [7, 11) is 0. The molecule has 1 saturated heterocycles. The molecule has 2 aliphatic rings. The van der Waals surface area contributed by atoms with Crippen LogP contribution in [0.25, 0.3) is 0 Å². The van der Waals surface area contributed by atoms with E-state index in [0.717, 1.165) is 50.0 Å². The van der Waals surface area contributed by atoms with E-state index in [1.807, 2.05) is 6.07 Å². The minimum absolute atomic E-state index is 0.108. The number of benzene rings is 1. The van der Waals surface area contributed by atoms with Gasteiger partial charge in [0.25, 0.3) is 0 Å².